The summed E-state index contributed by atoms with van der Waals surface area (Å²) in [5, 5.41) is 2.84. The van der Waals surface area contributed by atoms with E-state index in [2.05, 4.69) is 5.32 Å². The molecule has 1 spiro atoms. The number of rotatable bonds is 3. The number of carbonyl (C=O) groups is 2. The summed E-state index contributed by atoms with van der Waals surface area (Å²) in [5.41, 5.74) is 1.52. The molecule has 1 N–H and O–H groups in total. The van der Waals surface area contributed by atoms with E-state index in [-0.39, 0.29) is 29.2 Å². The van der Waals surface area contributed by atoms with Crippen molar-refractivity contribution in [3.63, 3.8) is 0 Å². The average Bonchev–Trinajstić information content (AvgIpc) is 3.18. The van der Waals surface area contributed by atoms with Crippen LogP contribution in [0.2, 0.25) is 0 Å². The number of hydrogen-bond acceptors (Lipinski definition) is 6. The van der Waals surface area contributed by atoms with Crippen LogP contribution >= 0.6 is 0 Å². The number of ether oxygens (including phenoxy) is 2. The lowest BCUT2D eigenvalue weighted by Gasteiger charge is -2.40. The van der Waals surface area contributed by atoms with Crippen LogP contribution in [-0.4, -0.2) is 74.6 Å². The molecule has 0 aromatic heterocycles. The van der Waals surface area contributed by atoms with Gasteiger partial charge in [0.1, 0.15) is 0 Å². The Morgan fingerprint density at radius 1 is 1.06 bits per heavy atom. The highest BCUT2D eigenvalue weighted by Gasteiger charge is 2.42. The second-order valence-electron chi connectivity index (χ2n) is 9.36. The second kappa shape index (κ2) is 8.98. The Morgan fingerprint density at radius 2 is 1.82 bits per heavy atom. The third-order valence-corrected chi connectivity index (χ3v) is 9.08. The van der Waals surface area contributed by atoms with Crippen molar-refractivity contribution in [2.45, 2.75) is 55.6 Å². The number of benzene rings is 1. The molecule has 2 amide bonds. The number of fused-ring (bicyclic) bond motifs is 1. The number of aryl methyl sites for hydroxylation is 1. The predicted octanol–water partition coefficient (Wildman–Crippen LogP) is 1.73. The van der Waals surface area contributed by atoms with Crippen LogP contribution in [0.1, 0.15) is 44.1 Å². The molecule has 0 saturated carbocycles. The maximum absolute atomic E-state index is 13.4. The van der Waals surface area contributed by atoms with Gasteiger partial charge >= 0.3 is 0 Å². The van der Waals surface area contributed by atoms with Gasteiger partial charge in [0.2, 0.25) is 21.8 Å². The molecule has 1 aromatic rings. The molecule has 4 heterocycles. The van der Waals surface area contributed by atoms with Crippen molar-refractivity contribution in [2.24, 2.45) is 5.92 Å². The quantitative estimate of drug-likeness (QED) is 0.711. The lowest BCUT2D eigenvalue weighted by molar-refractivity contribution is -0.188. The van der Waals surface area contributed by atoms with Crippen molar-refractivity contribution < 1.29 is 27.5 Å². The Hall–Kier alpha value is -2.01. The number of anilines is 1. The summed E-state index contributed by atoms with van der Waals surface area (Å²) in [4.78, 5) is 27.1. The Bertz CT molecular complexity index is 1030. The van der Waals surface area contributed by atoms with Gasteiger partial charge in [0, 0.05) is 51.1 Å². The second-order valence-corrected chi connectivity index (χ2v) is 11.3. The fourth-order valence-corrected chi connectivity index (χ4v) is 6.91. The molecule has 0 radical (unpaired) electrons. The number of hydrogen-bond donors (Lipinski definition) is 1. The zero-order valence-corrected chi connectivity index (χ0v) is 19.6. The van der Waals surface area contributed by atoms with Gasteiger partial charge in [0.15, 0.2) is 5.79 Å². The van der Waals surface area contributed by atoms with Crippen molar-refractivity contribution in [3.8, 4) is 0 Å². The molecule has 0 aliphatic carbocycles. The van der Waals surface area contributed by atoms with E-state index in [9.17, 15) is 18.0 Å². The number of nitrogens with zero attached hydrogens (tertiary/aromatic N) is 2. The highest BCUT2D eigenvalue weighted by Crippen LogP contribution is 2.33. The summed E-state index contributed by atoms with van der Waals surface area (Å²) in [6.45, 7) is 2.93. The molecule has 0 unspecified atom stereocenters. The van der Waals surface area contributed by atoms with Crippen LogP contribution < -0.4 is 5.32 Å². The first-order chi connectivity index (χ1) is 15.9. The van der Waals surface area contributed by atoms with Gasteiger partial charge in [-0.2, -0.15) is 4.31 Å². The molecule has 33 heavy (non-hydrogen) atoms. The minimum absolute atomic E-state index is 0.0207. The lowest BCUT2D eigenvalue weighted by atomic mass is 9.96. The van der Waals surface area contributed by atoms with Gasteiger partial charge in [-0.3, -0.25) is 9.59 Å². The van der Waals surface area contributed by atoms with Crippen LogP contribution in [0.15, 0.2) is 23.1 Å². The fraction of sp³-hybridized carbons (Fsp3) is 0.652. The third-order valence-electron chi connectivity index (χ3n) is 7.22. The molecule has 180 valence electrons. The minimum Gasteiger partial charge on any atom is -0.347 e. The summed E-state index contributed by atoms with van der Waals surface area (Å²) < 4.78 is 39.8. The van der Waals surface area contributed by atoms with E-state index in [1.807, 2.05) is 4.90 Å². The van der Waals surface area contributed by atoms with Crippen molar-refractivity contribution in [1.29, 1.82) is 0 Å². The summed E-state index contributed by atoms with van der Waals surface area (Å²) in [7, 11) is -3.73. The Labute approximate surface area is 194 Å². The first kappa shape index (κ1) is 22.8. The van der Waals surface area contributed by atoms with Gasteiger partial charge in [0.05, 0.1) is 24.0 Å². The maximum atomic E-state index is 13.4. The van der Waals surface area contributed by atoms with Crippen molar-refractivity contribution in [1.82, 2.24) is 9.21 Å². The van der Waals surface area contributed by atoms with E-state index in [1.165, 1.54) is 4.31 Å². The molecule has 1 atom stereocenters. The number of carbonyl (C=O) groups excluding carboxylic acids is 2. The highest BCUT2D eigenvalue weighted by atomic mass is 32.2. The summed E-state index contributed by atoms with van der Waals surface area (Å²) in [6, 6.07) is 4.90. The predicted molar refractivity (Wildman–Crippen MR) is 120 cm³/mol. The molecule has 3 saturated heterocycles. The van der Waals surface area contributed by atoms with E-state index in [0.717, 1.165) is 5.56 Å². The van der Waals surface area contributed by atoms with Gasteiger partial charge in [-0.25, -0.2) is 8.42 Å². The number of amides is 2. The van der Waals surface area contributed by atoms with Gasteiger partial charge in [-0.15, -0.1) is 0 Å². The molecule has 1 aromatic carbocycles. The normalized spacial score (nSPS) is 26.0. The van der Waals surface area contributed by atoms with Crippen LogP contribution in [0.3, 0.4) is 0 Å². The van der Waals surface area contributed by atoms with Gasteiger partial charge in [-0.05, 0) is 49.4 Å². The first-order valence-electron chi connectivity index (χ1n) is 11.9. The summed E-state index contributed by atoms with van der Waals surface area (Å²) >= 11 is 0. The molecule has 9 nitrogen and oxygen atoms in total. The van der Waals surface area contributed by atoms with Crippen LogP contribution in [0.25, 0.3) is 0 Å². The van der Waals surface area contributed by atoms with Gasteiger partial charge in [-0.1, -0.05) is 0 Å². The largest absolute Gasteiger partial charge is 0.347 e. The molecule has 10 heteroatoms. The van der Waals surface area contributed by atoms with Crippen LogP contribution in [0.5, 0.6) is 0 Å². The van der Waals surface area contributed by atoms with Crippen molar-refractivity contribution in [3.05, 3.63) is 23.8 Å². The summed E-state index contributed by atoms with van der Waals surface area (Å²) in [5.74, 6) is -0.902. The smallest absolute Gasteiger partial charge is 0.243 e. The van der Waals surface area contributed by atoms with E-state index < -0.39 is 15.8 Å². The zero-order valence-electron chi connectivity index (χ0n) is 18.8. The first-order valence-corrected chi connectivity index (χ1v) is 13.3. The van der Waals surface area contributed by atoms with Crippen molar-refractivity contribution >= 4 is 27.5 Å². The third kappa shape index (κ3) is 4.53. The van der Waals surface area contributed by atoms with Crippen LogP contribution in [-0.2, 0) is 35.5 Å². The molecule has 3 fully saturated rings. The minimum atomic E-state index is -3.73. The monoisotopic (exact) mass is 477 g/mol. The molecular weight excluding hydrogens is 446 g/mol. The Balaban J connectivity index is 1.27. The number of piperidine rings is 2. The lowest BCUT2D eigenvalue weighted by Crippen LogP contribution is -2.51. The average molecular weight is 478 g/mol. The topological polar surface area (TPSA) is 105 Å². The molecule has 4 aliphatic heterocycles. The highest BCUT2D eigenvalue weighted by molar-refractivity contribution is 7.89. The summed E-state index contributed by atoms with van der Waals surface area (Å²) in [6.07, 6.45) is 4.43. The fourth-order valence-electron chi connectivity index (χ4n) is 5.33. The molecule has 0 bridgehead atoms. The zero-order chi connectivity index (χ0) is 23.1. The standard InChI is InChI=1S/C23H31N3O6S/c27-21-5-1-3-17-15-19(6-7-20(17)24-21)33(29,30)26-10-2-4-18(16-26)22(28)25-11-8-23(9-12-25)31-13-14-32-23/h6-7,15,18H,1-5,8-14,16H2,(H,24,27)/t18-/m0/s1. The Morgan fingerprint density at radius 3 is 2.58 bits per heavy atom. The number of sulfonamides is 1. The van der Waals surface area contributed by atoms with Crippen LogP contribution in [0, 0.1) is 5.92 Å². The Kier molecular flexibility index (Phi) is 6.19. The van der Waals surface area contributed by atoms with E-state index >= 15 is 0 Å². The van der Waals surface area contributed by atoms with Gasteiger partial charge < -0.3 is 19.7 Å². The van der Waals surface area contributed by atoms with Gasteiger partial charge in [0.25, 0.3) is 0 Å². The van der Waals surface area contributed by atoms with E-state index in [4.69, 9.17) is 9.47 Å². The van der Waals surface area contributed by atoms with Crippen molar-refractivity contribution in [2.75, 3.05) is 44.7 Å². The van der Waals surface area contributed by atoms with Crippen LogP contribution in [0.4, 0.5) is 5.69 Å². The molecule has 5 rings (SSSR count). The van der Waals surface area contributed by atoms with E-state index in [0.29, 0.717) is 83.5 Å². The van der Waals surface area contributed by atoms with E-state index in [1.54, 1.807) is 18.2 Å². The molecular formula is C23H31N3O6S. The number of nitrogens with one attached hydrogen (secondary N) is 1. The number of likely N-dealkylation sites (tertiary alicyclic amines) is 1. The molecule has 4 aliphatic rings. The maximum Gasteiger partial charge on any atom is 0.243 e. The SMILES string of the molecule is O=C1CCCc2cc(S(=O)(=O)N3CCC[C@H](C(=O)N4CCC5(CC4)OCCO5)C3)ccc2N1.